The molecule has 0 bridgehead atoms. The number of carboxylic acid groups (broad SMARTS) is 1. The Morgan fingerprint density at radius 1 is 1.30 bits per heavy atom. The molecule has 0 spiro atoms. The fourth-order valence-corrected chi connectivity index (χ4v) is 2.10. The smallest absolute Gasteiger partial charge is 0.311 e. The van der Waals surface area contributed by atoms with Crippen molar-refractivity contribution in [3.05, 3.63) is 35.9 Å². The van der Waals surface area contributed by atoms with E-state index in [1.165, 1.54) is 0 Å². The summed E-state index contributed by atoms with van der Waals surface area (Å²) in [6.45, 7) is 0.181. The number of rotatable bonds is 7. The average Bonchev–Trinajstić information content (AvgIpc) is 3.24. The Bertz CT molecular complexity index is 483. The maximum absolute atomic E-state index is 11.8. The van der Waals surface area contributed by atoms with Crippen molar-refractivity contribution < 1.29 is 14.7 Å². The Labute approximate surface area is 118 Å². The monoisotopic (exact) mass is 276 g/mol. The van der Waals surface area contributed by atoms with Gasteiger partial charge in [-0.25, -0.2) is 0 Å². The van der Waals surface area contributed by atoms with E-state index in [1.807, 2.05) is 30.3 Å². The van der Waals surface area contributed by atoms with Crippen molar-refractivity contribution in [3.63, 3.8) is 0 Å². The molecule has 1 aliphatic carbocycles. The highest BCUT2D eigenvalue weighted by Crippen LogP contribution is 2.45. The Morgan fingerprint density at radius 3 is 2.50 bits per heavy atom. The van der Waals surface area contributed by atoms with Gasteiger partial charge in [-0.05, 0) is 31.2 Å². The fourth-order valence-electron chi connectivity index (χ4n) is 2.10. The molecule has 108 valence electrons. The van der Waals surface area contributed by atoms with E-state index in [0.717, 1.165) is 12.0 Å². The molecule has 0 aliphatic heterocycles. The van der Waals surface area contributed by atoms with E-state index in [1.54, 1.807) is 0 Å². The zero-order valence-corrected chi connectivity index (χ0v) is 11.3. The van der Waals surface area contributed by atoms with E-state index in [9.17, 15) is 9.59 Å². The first-order valence-corrected chi connectivity index (χ1v) is 6.84. The Kier molecular flexibility index (Phi) is 4.39. The van der Waals surface area contributed by atoms with E-state index in [4.69, 9.17) is 10.8 Å². The summed E-state index contributed by atoms with van der Waals surface area (Å²) in [5, 5.41) is 11.7. The zero-order chi connectivity index (χ0) is 14.6. The second kappa shape index (κ2) is 6.05. The molecule has 0 radical (unpaired) electrons. The summed E-state index contributed by atoms with van der Waals surface area (Å²) >= 11 is 0. The Hall–Kier alpha value is -1.88. The molecular formula is C15H20N2O3. The lowest BCUT2D eigenvalue weighted by Gasteiger charge is -2.15. The quantitative estimate of drug-likeness (QED) is 0.690. The molecule has 1 aliphatic rings. The predicted molar refractivity (Wildman–Crippen MR) is 75.1 cm³/mol. The minimum absolute atomic E-state index is 0.181. The summed E-state index contributed by atoms with van der Waals surface area (Å²) in [7, 11) is 0. The first-order valence-electron chi connectivity index (χ1n) is 6.84. The van der Waals surface area contributed by atoms with Gasteiger partial charge in [-0.3, -0.25) is 9.59 Å². The van der Waals surface area contributed by atoms with Crippen LogP contribution in [-0.4, -0.2) is 29.6 Å². The SMILES string of the molecule is NC(CCc1ccccc1)C(=O)NCC1(C(=O)O)CC1. The summed E-state index contributed by atoms with van der Waals surface area (Å²) in [6.07, 6.45) is 2.54. The number of amides is 1. The molecule has 0 heterocycles. The van der Waals surface area contributed by atoms with Gasteiger partial charge in [0, 0.05) is 6.54 Å². The van der Waals surface area contributed by atoms with Crippen molar-refractivity contribution in [2.45, 2.75) is 31.7 Å². The maximum Gasteiger partial charge on any atom is 0.311 e. The molecule has 1 atom stereocenters. The number of nitrogens with one attached hydrogen (secondary N) is 1. The van der Waals surface area contributed by atoms with Crippen LogP contribution in [0.15, 0.2) is 30.3 Å². The van der Waals surface area contributed by atoms with Crippen LogP contribution >= 0.6 is 0 Å². The van der Waals surface area contributed by atoms with Crippen molar-refractivity contribution in [1.29, 1.82) is 0 Å². The first-order chi connectivity index (χ1) is 9.53. The number of aliphatic carboxylic acids is 1. The third kappa shape index (κ3) is 3.57. The molecule has 1 fully saturated rings. The van der Waals surface area contributed by atoms with Crippen molar-refractivity contribution in [3.8, 4) is 0 Å². The van der Waals surface area contributed by atoms with E-state index in [-0.39, 0.29) is 12.5 Å². The van der Waals surface area contributed by atoms with E-state index >= 15 is 0 Å². The lowest BCUT2D eigenvalue weighted by molar-refractivity contribution is -0.143. The molecule has 4 N–H and O–H groups in total. The van der Waals surface area contributed by atoms with Crippen LogP contribution in [0.1, 0.15) is 24.8 Å². The summed E-state index contributed by atoms with van der Waals surface area (Å²) in [6, 6.07) is 9.23. The van der Waals surface area contributed by atoms with E-state index in [2.05, 4.69) is 5.32 Å². The number of carbonyl (C=O) groups excluding carboxylic acids is 1. The molecule has 0 saturated heterocycles. The van der Waals surface area contributed by atoms with Crippen LogP contribution in [0, 0.1) is 5.41 Å². The highest BCUT2D eigenvalue weighted by Gasteiger charge is 2.50. The van der Waals surface area contributed by atoms with Gasteiger partial charge in [0.25, 0.3) is 0 Å². The average molecular weight is 276 g/mol. The van der Waals surface area contributed by atoms with Crippen molar-refractivity contribution in [2.24, 2.45) is 11.1 Å². The van der Waals surface area contributed by atoms with Crippen molar-refractivity contribution in [1.82, 2.24) is 5.32 Å². The number of benzene rings is 1. The fraction of sp³-hybridized carbons (Fsp3) is 0.467. The molecule has 20 heavy (non-hydrogen) atoms. The van der Waals surface area contributed by atoms with Crippen LogP contribution in [0.3, 0.4) is 0 Å². The van der Waals surface area contributed by atoms with E-state index < -0.39 is 17.4 Å². The molecule has 0 aromatic heterocycles. The van der Waals surface area contributed by atoms with Crippen LogP contribution in [-0.2, 0) is 16.0 Å². The van der Waals surface area contributed by atoms with Gasteiger partial charge in [0.15, 0.2) is 0 Å². The molecule has 2 rings (SSSR count). The minimum Gasteiger partial charge on any atom is -0.481 e. The number of carbonyl (C=O) groups is 2. The molecule has 5 nitrogen and oxygen atoms in total. The van der Waals surface area contributed by atoms with Gasteiger partial charge in [-0.15, -0.1) is 0 Å². The molecule has 1 aromatic carbocycles. The van der Waals surface area contributed by atoms with Crippen molar-refractivity contribution >= 4 is 11.9 Å². The highest BCUT2D eigenvalue weighted by molar-refractivity contribution is 5.83. The molecular weight excluding hydrogens is 256 g/mol. The summed E-state index contributed by atoms with van der Waals surface area (Å²) < 4.78 is 0. The van der Waals surface area contributed by atoms with Crippen molar-refractivity contribution in [2.75, 3.05) is 6.54 Å². The molecule has 5 heteroatoms. The van der Waals surface area contributed by atoms with Crippen LogP contribution in [0.25, 0.3) is 0 Å². The van der Waals surface area contributed by atoms with Crippen LogP contribution in [0.4, 0.5) is 0 Å². The second-order valence-corrected chi connectivity index (χ2v) is 5.43. The standard InChI is InChI=1S/C15H20N2O3/c16-12(7-6-11-4-2-1-3-5-11)13(18)17-10-15(8-9-15)14(19)20/h1-5,12H,6-10,16H2,(H,17,18)(H,19,20). The van der Waals surface area contributed by atoms with Gasteiger partial charge in [0.2, 0.25) is 5.91 Å². The van der Waals surface area contributed by atoms with E-state index in [0.29, 0.717) is 19.3 Å². The van der Waals surface area contributed by atoms with Crippen LogP contribution in [0.5, 0.6) is 0 Å². The van der Waals surface area contributed by atoms with Gasteiger partial charge < -0.3 is 16.2 Å². The number of hydrogen-bond donors (Lipinski definition) is 3. The number of carboxylic acids is 1. The zero-order valence-electron chi connectivity index (χ0n) is 11.3. The minimum atomic E-state index is -0.837. The number of hydrogen-bond acceptors (Lipinski definition) is 3. The molecule has 1 saturated carbocycles. The topological polar surface area (TPSA) is 92.4 Å². The Balaban J connectivity index is 1.74. The molecule has 1 amide bonds. The highest BCUT2D eigenvalue weighted by atomic mass is 16.4. The summed E-state index contributed by atoms with van der Waals surface area (Å²) in [5.41, 5.74) is 6.23. The number of nitrogens with two attached hydrogens (primary N) is 1. The molecule has 1 aromatic rings. The third-order valence-corrected chi connectivity index (χ3v) is 3.83. The lowest BCUT2D eigenvalue weighted by atomic mass is 10.0. The Morgan fingerprint density at radius 2 is 1.95 bits per heavy atom. The van der Waals surface area contributed by atoms with Gasteiger partial charge >= 0.3 is 5.97 Å². The van der Waals surface area contributed by atoms with Gasteiger partial charge in [-0.1, -0.05) is 30.3 Å². The van der Waals surface area contributed by atoms with Crippen LogP contribution in [0.2, 0.25) is 0 Å². The third-order valence-electron chi connectivity index (χ3n) is 3.83. The summed E-state index contributed by atoms with van der Waals surface area (Å²) in [4.78, 5) is 22.8. The lowest BCUT2D eigenvalue weighted by Crippen LogP contribution is -2.44. The van der Waals surface area contributed by atoms with Crippen LogP contribution < -0.4 is 11.1 Å². The number of aryl methyl sites for hydroxylation is 1. The largest absolute Gasteiger partial charge is 0.481 e. The normalized spacial score (nSPS) is 17.2. The predicted octanol–water partition coefficient (Wildman–Crippen LogP) is 0.927. The van der Waals surface area contributed by atoms with Gasteiger partial charge in [0.1, 0.15) is 0 Å². The van der Waals surface area contributed by atoms with Gasteiger partial charge in [-0.2, -0.15) is 0 Å². The maximum atomic E-state index is 11.8. The molecule has 1 unspecified atom stereocenters. The second-order valence-electron chi connectivity index (χ2n) is 5.43. The first kappa shape index (κ1) is 14.5. The summed E-state index contributed by atoms with van der Waals surface area (Å²) in [5.74, 6) is -1.11. The van der Waals surface area contributed by atoms with Gasteiger partial charge in [0.05, 0.1) is 11.5 Å².